The third kappa shape index (κ3) is 4.80. The van der Waals surface area contributed by atoms with Crippen LogP contribution in [-0.2, 0) is 11.2 Å². The average molecular weight is 380 g/mol. The standard InChI is InChI=1S/C22H28N4O2/c27-22(17-18-7-3-1-4-8-18)26-15-13-25(14-16-26)20-11-12-21(24-23-20)28-19-9-5-2-6-10-19/h1,3-4,7-8,11-12,19H,2,5-6,9-10,13-17H2. The van der Waals surface area contributed by atoms with Gasteiger partial charge in [0.1, 0.15) is 6.10 Å². The van der Waals surface area contributed by atoms with E-state index in [1.165, 1.54) is 19.3 Å². The van der Waals surface area contributed by atoms with E-state index in [2.05, 4.69) is 15.1 Å². The SMILES string of the molecule is O=C(Cc1ccccc1)N1CCN(c2ccc(OC3CCCCC3)nn2)CC1. The quantitative estimate of drug-likeness (QED) is 0.798. The minimum absolute atomic E-state index is 0.188. The Morgan fingerprint density at radius 2 is 1.68 bits per heavy atom. The van der Waals surface area contributed by atoms with Gasteiger partial charge in [-0.3, -0.25) is 4.79 Å². The molecule has 0 spiro atoms. The number of carbonyl (C=O) groups is 1. The van der Waals surface area contributed by atoms with Crippen molar-refractivity contribution in [2.45, 2.75) is 44.6 Å². The smallest absolute Gasteiger partial charge is 0.233 e. The number of amides is 1. The molecule has 6 nitrogen and oxygen atoms in total. The van der Waals surface area contributed by atoms with Gasteiger partial charge >= 0.3 is 0 Å². The molecule has 1 aliphatic carbocycles. The molecule has 2 aromatic rings. The topological polar surface area (TPSA) is 58.6 Å². The predicted octanol–water partition coefficient (Wildman–Crippen LogP) is 3.08. The maximum absolute atomic E-state index is 12.5. The van der Waals surface area contributed by atoms with Crippen LogP contribution in [0.2, 0.25) is 0 Å². The Kier molecular flexibility index (Phi) is 6.04. The van der Waals surface area contributed by atoms with E-state index in [9.17, 15) is 4.79 Å². The van der Waals surface area contributed by atoms with Crippen molar-refractivity contribution < 1.29 is 9.53 Å². The normalized spacial score (nSPS) is 18.1. The van der Waals surface area contributed by atoms with Gasteiger partial charge in [0.2, 0.25) is 11.8 Å². The van der Waals surface area contributed by atoms with Crippen LogP contribution in [0, 0.1) is 0 Å². The highest BCUT2D eigenvalue weighted by Gasteiger charge is 2.22. The lowest BCUT2D eigenvalue weighted by Crippen LogP contribution is -2.49. The summed E-state index contributed by atoms with van der Waals surface area (Å²) in [5.74, 6) is 1.66. The number of hydrogen-bond acceptors (Lipinski definition) is 5. The van der Waals surface area contributed by atoms with E-state index >= 15 is 0 Å². The third-order valence-corrected chi connectivity index (χ3v) is 5.62. The largest absolute Gasteiger partial charge is 0.473 e. The van der Waals surface area contributed by atoms with Crippen LogP contribution in [-0.4, -0.2) is 53.3 Å². The van der Waals surface area contributed by atoms with Crippen molar-refractivity contribution >= 4 is 11.7 Å². The molecule has 28 heavy (non-hydrogen) atoms. The number of aromatic nitrogens is 2. The van der Waals surface area contributed by atoms with Crippen LogP contribution in [0.25, 0.3) is 0 Å². The van der Waals surface area contributed by atoms with Crippen LogP contribution in [0.3, 0.4) is 0 Å². The lowest BCUT2D eigenvalue weighted by molar-refractivity contribution is -0.130. The van der Waals surface area contributed by atoms with Crippen molar-refractivity contribution in [2.24, 2.45) is 0 Å². The highest BCUT2D eigenvalue weighted by atomic mass is 16.5. The van der Waals surface area contributed by atoms with E-state index in [1.54, 1.807) is 0 Å². The Hall–Kier alpha value is -2.63. The first-order valence-corrected chi connectivity index (χ1v) is 10.3. The van der Waals surface area contributed by atoms with E-state index in [0.29, 0.717) is 25.4 Å². The Bertz CT molecular complexity index is 752. The van der Waals surface area contributed by atoms with E-state index in [4.69, 9.17) is 4.74 Å². The van der Waals surface area contributed by atoms with Gasteiger partial charge in [-0.05, 0) is 37.3 Å². The molecule has 1 saturated carbocycles. The Labute approximate surface area is 166 Å². The molecule has 2 heterocycles. The van der Waals surface area contributed by atoms with Gasteiger partial charge in [-0.25, -0.2) is 0 Å². The van der Waals surface area contributed by atoms with Crippen LogP contribution in [0.4, 0.5) is 5.82 Å². The van der Waals surface area contributed by atoms with Gasteiger partial charge < -0.3 is 14.5 Å². The van der Waals surface area contributed by atoms with Crippen LogP contribution in [0.1, 0.15) is 37.7 Å². The second-order valence-corrected chi connectivity index (χ2v) is 7.64. The summed E-state index contributed by atoms with van der Waals surface area (Å²) in [5, 5.41) is 8.62. The van der Waals surface area contributed by atoms with Gasteiger partial charge in [0.25, 0.3) is 0 Å². The molecule has 0 atom stereocenters. The summed E-state index contributed by atoms with van der Waals surface area (Å²) in [6.07, 6.45) is 6.77. The number of piperazine rings is 1. The van der Waals surface area contributed by atoms with E-state index in [-0.39, 0.29) is 12.0 Å². The van der Waals surface area contributed by atoms with Crippen LogP contribution < -0.4 is 9.64 Å². The van der Waals surface area contributed by atoms with Crippen molar-refractivity contribution in [2.75, 3.05) is 31.1 Å². The molecule has 0 bridgehead atoms. The zero-order valence-electron chi connectivity index (χ0n) is 16.3. The Balaban J connectivity index is 1.27. The number of hydrogen-bond donors (Lipinski definition) is 0. The lowest BCUT2D eigenvalue weighted by atomic mass is 9.98. The summed E-state index contributed by atoms with van der Waals surface area (Å²) in [6, 6.07) is 13.8. The fourth-order valence-corrected chi connectivity index (χ4v) is 3.97. The molecule has 4 rings (SSSR count). The molecule has 0 unspecified atom stereocenters. The number of carbonyl (C=O) groups excluding carboxylic acids is 1. The Morgan fingerprint density at radius 3 is 2.36 bits per heavy atom. The average Bonchev–Trinajstić information content (AvgIpc) is 2.76. The molecule has 148 valence electrons. The maximum atomic E-state index is 12.5. The zero-order valence-corrected chi connectivity index (χ0v) is 16.3. The number of benzene rings is 1. The fourth-order valence-electron chi connectivity index (χ4n) is 3.97. The Morgan fingerprint density at radius 1 is 0.929 bits per heavy atom. The minimum atomic E-state index is 0.188. The first-order valence-electron chi connectivity index (χ1n) is 10.3. The second kappa shape index (κ2) is 9.04. The lowest BCUT2D eigenvalue weighted by Gasteiger charge is -2.35. The number of anilines is 1. The maximum Gasteiger partial charge on any atom is 0.233 e. The van der Waals surface area contributed by atoms with Crippen molar-refractivity contribution in [3.8, 4) is 5.88 Å². The number of ether oxygens (including phenoxy) is 1. The molecule has 2 fully saturated rings. The molecule has 0 radical (unpaired) electrons. The van der Waals surface area contributed by atoms with Crippen LogP contribution in [0.15, 0.2) is 42.5 Å². The molecule has 1 amide bonds. The molecule has 0 N–H and O–H groups in total. The van der Waals surface area contributed by atoms with E-state index in [0.717, 1.165) is 37.3 Å². The summed E-state index contributed by atoms with van der Waals surface area (Å²) in [5.41, 5.74) is 1.06. The summed E-state index contributed by atoms with van der Waals surface area (Å²) in [4.78, 5) is 16.6. The monoisotopic (exact) mass is 380 g/mol. The van der Waals surface area contributed by atoms with E-state index in [1.807, 2.05) is 47.4 Å². The van der Waals surface area contributed by atoms with Crippen LogP contribution >= 0.6 is 0 Å². The molecule has 6 heteroatoms. The van der Waals surface area contributed by atoms with Gasteiger partial charge in [0, 0.05) is 32.2 Å². The molecule has 1 aromatic carbocycles. The first kappa shape index (κ1) is 18.7. The van der Waals surface area contributed by atoms with Gasteiger partial charge in [0.05, 0.1) is 6.42 Å². The van der Waals surface area contributed by atoms with Crippen molar-refractivity contribution in [1.82, 2.24) is 15.1 Å². The fraction of sp³-hybridized carbons (Fsp3) is 0.500. The minimum Gasteiger partial charge on any atom is -0.473 e. The van der Waals surface area contributed by atoms with Crippen molar-refractivity contribution in [3.05, 3.63) is 48.0 Å². The number of rotatable bonds is 5. The summed E-state index contributed by atoms with van der Waals surface area (Å²) < 4.78 is 5.96. The molecule has 1 aliphatic heterocycles. The molecular formula is C22H28N4O2. The van der Waals surface area contributed by atoms with Crippen LogP contribution in [0.5, 0.6) is 5.88 Å². The van der Waals surface area contributed by atoms with Gasteiger partial charge in [-0.15, -0.1) is 10.2 Å². The summed E-state index contributed by atoms with van der Waals surface area (Å²) in [6.45, 7) is 2.98. The van der Waals surface area contributed by atoms with E-state index < -0.39 is 0 Å². The molecule has 1 saturated heterocycles. The highest BCUT2D eigenvalue weighted by molar-refractivity contribution is 5.79. The van der Waals surface area contributed by atoms with Crippen molar-refractivity contribution in [3.63, 3.8) is 0 Å². The molecule has 2 aliphatic rings. The van der Waals surface area contributed by atoms with Crippen molar-refractivity contribution in [1.29, 1.82) is 0 Å². The molecule has 1 aromatic heterocycles. The second-order valence-electron chi connectivity index (χ2n) is 7.64. The summed E-state index contributed by atoms with van der Waals surface area (Å²) >= 11 is 0. The molecular weight excluding hydrogens is 352 g/mol. The van der Waals surface area contributed by atoms with Gasteiger partial charge in [0.15, 0.2) is 5.82 Å². The first-order chi connectivity index (χ1) is 13.8. The predicted molar refractivity (Wildman–Crippen MR) is 108 cm³/mol. The number of nitrogens with zero attached hydrogens (tertiary/aromatic N) is 4. The summed E-state index contributed by atoms with van der Waals surface area (Å²) in [7, 11) is 0. The van der Waals surface area contributed by atoms with Gasteiger partial charge in [-0.1, -0.05) is 36.8 Å². The zero-order chi connectivity index (χ0) is 19.2. The third-order valence-electron chi connectivity index (χ3n) is 5.62. The van der Waals surface area contributed by atoms with Gasteiger partial charge in [-0.2, -0.15) is 0 Å². The highest BCUT2D eigenvalue weighted by Crippen LogP contribution is 2.23.